The molecule has 1 heterocycles. The maximum atomic E-state index is 13.4. The van der Waals surface area contributed by atoms with Crippen molar-refractivity contribution in [3.8, 4) is 0 Å². The van der Waals surface area contributed by atoms with Crippen LogP contribution in [0.3, 0.4) is 0 Å². The number of hydrogen-bond donors (Lipinski definition) is 2. The minimum absolute atomic E-state index is 0.0706. The number of carbonyl (C=O) groups excluding carboxylic acids is 3. The molecular formula is C28H27F2N3O4. The third-order valence-electron chi connectivity index (χ3n) is 5.91. The highest BCUT2D eigenvalue weighted by molar-refractivity contribution is 6.04. The monoisotopic (exact) mass is 507 g/mol. The Morgan fingerprint density at radius 1 is 0.919 bits per heavy atom. The molecule has 3 amide bonds. The molecule has 1 saturated heterocycles. The van der Waals surface area contributed by atoms with Crippen molar-refractivity contribution in [3.63, 3.8) is 0 Å². The van der Waals surface area contributed by atoms with Gasteiger partial charge in [0.1, 0.15) is 11.6 Å². The van der Waals surface area contributed by atoms with Crippen LogP contribution in [0.25, 0.3) is 0 Å². The number of anilines is 1. The van der Waals surface area contributed by atoms with Crippen molar-refractivity contribution >= 4 is 23.6 Å². The summed E-state index contributed by atoms with van der Waals surface area (Å²) in [5, 5.41) is 5.60. The molecular weight excluding hydrogens is 480 g/mol. The van der Waals surface area contributed by atoms with E-state index >= 15 is 0 Å². The number of benzene rings is 3. The van der Waals surface area contributed by atoms with Crippen LogP contribution in [0, 0.1) is 17.6 Å². The third-order valence-corrected chi connectivity index (χ3v) is 5.91. The summed E-state index contributed by atoms with van der Waals surface area (Å²) in [4.78, 5) is 39.8. The predicted molar refractivity (Wildman–Crippen MR) is 134 cm³/mol. The summed E-state index contributed by atoms with van der Waals surface area (Å²) in [6.07, 6.45) is -1.55. The molecule has 0 aliphatic carbocycles. The first-order chi connectivity index (χ1) is 17.7. The fraction of sp³-hybridized carbons (Fsp3) is 0.250. The van der Waals surface area contributed by atoms with Crippen LogP contribution >= 0.6 is 0 Å². The van der Waals surface area contributed by atoms with Gasteiger partial charge in [0.2, 0.25) is 5.91 Å². The van der Waals surface area contributed by atoms with Crippen LogP contribution in [-0.4, -0.2) is 35.4 Å². The highest BCUT2D eigenvalue weighted by Crippen LogP contribution is 2.34. The van der Waals surface area contributed by atoms with E-state index in [9.17, 15) is 23.2 Å². The van der Waals surface area contributed by atoms with E-state index in [0.717, 1.165) is 0 Å². The molecule has 1 aliphatic rings. The average Bonchev–Trinajstić information content (AvgIpc) is 3.20. The molecule has 3 aromatic rings. The molecule has 0 bridgehead atoms. The van der Waals surface area contributed by atoms with Crippen LogP contribution in [0.15, 0.2) is 72.8 Å². The molecule has 2 N–H and O–H groups in total. The lowest BCUT2D eigenvalue weighted by Crippen LogP contribution is -2.47. The maximum Gasteiger partial charge on any atom is 0.411 e. The van der Waals surface area contributed by atoms with Gasteiger partial charge in [-0.05, 0) is 65.6 Å². The summed E-state index contributed by atoms with van der Waals surface area (Å²) in [7, 11) is 0. The predicted octanol–water partition coefficient (Wildman–Crippen LogP) is 5.05. The Kier molecular flexibility index (Phi) is 7.81. The lowest BCUT2D eigenvalue weighted by molar-refractivity contribution is -0.126. The first-order valence-corrected chi connectivity index (χ1v) is 11.9. The molecule has 192 valence electrons. The first-order valence-electron chi connectivity index (χ1n) is 11.9. The molecule has 1 aliphatic heterocycles. The molecule has 3 aromatic carbocycles. The Balaban J connectivity index is 1.54. The molecule has 7 nitrogen and oxygen atoms in total. The van der Waals surface area contributed by atoms with E-state index in [1.807, 2.05) is 13.8 Å². The quantitative estimate of drug-likeness (QED) is 0.447. The van der Waals surface area contributed by atoms with E-state index in [4.69, 9.17) is 4.74 Å². The minimum atomic E-state index is -0.948. The Morgan fingerprint density at radius 2 is 1.51 bits per heavy atom. The van der Waals surface area contributed by atoms with Crippen molar-refractivity contribution < 1.29 is 27.9 Å². The van der Waals surface area contributed by atoms with Gasteiger partial charge in [0.05, 0.1) is 6.54 Å². The molecule has 2 atom stereocenters. The largest absolute Gasteiger partial charge is 0.438 e. The van der Waals surface area contributed by atoms with Gasteiger partial charge in [0, 0.05) is 17.8 Å². The first kappa shape index (κ1) is 25.8. The van der Waals surface area contributed by atoms with Crippen molar-refractivity contribution in [3.05, 3.63) is 101 Å². The van der Waals surface area contributed by atoms with Gasteiger partial charge in [0.25, 0.3) is 5.91 Å². The van der Waals surface area contributed by atoms with Crippen LogP contribution in [0.2, 0.25) is 0 Å². The second kappa shape index (κ2) is 11.2. The Labute approximate surface area is 213 Å². The maximum absolute atomic E-state index is 13.4. The number of hydrogen-bond acceptors (Lipinski definition) is 4. The lowest BCUT2D eigenvalue weighted by Gasteiger charge is -2.24. The Morgan fingerprint density at radius 3 is 2.11 bits per heavy atom. The van der Waals surface area contributed by atoms with Gasteiger partial charge in [-0.15, -0.1) is 0 Å². The summed E-state index contributed by atoms with van der Waals surface area (Å²) in [5.74, 6) is -1.40. The topological polar surface area (TPSA) is 87.7 Å². The number of carbonyl (C=O) groups is 3. The zero-order chi connectivity index (χ0) is 26.5. The highest BCUT2D eigenvalue weighted by Gasteiger charge is 2.46. The summed E-state index contributed by atoms with van der Waals surface area (Å²) in [6.45, 7) is 4.42. The van der Waals surface area contributed by atoms with E-state index in [0.29, 0.717) is 28.9 Å². The highest BCUT2D eigenvalue weighted by atomic mass is 19.1. The van der Waals surface area contributed by atoms with E-state index in [1.165, 1.54) is 41.3 Å². The van der Waals surface area contributed by atoms with Crippen molar-refractivity contribution in [2.24, 2.45) is 5.92 Å². The van der Waals surface area contributed by atoms with Crippen LogP contribution in [0.1, 0.15) is 41.4 Å². The molecule has 0 radical (unpaired) electrons. The Bertz CT molecular complexity index is 1260. The number of rotatable bonds is 8. The van der Waals surface area contributed by atoms with Crippen molar-refractivity contribution in [2.45, 2.75) is 32.5 Å². The van der Waals surface area contributed by atoms with Gasteiger partial charge < -0.3 is 15.4 Å². The van der Waals surface area contributed by atoms with E-state index in [-0.39, 0.29) is 18.4 Å². The zero-order valence-corrected chi connectivity index (χ0v) is 20.4. The number of nitrogens with zero attached hydrogens (tertiary/aromatic N) is 1. The summed E-state index contributed by atoms with van der Waals surface area (Å²) < 4.78 is 32.1. The summed E-state index contributed by atoms with van der Waals surface area (Å²) in [6, 6.07) is 16.5. The summed E-state index contributed by atoms with van der Waals surface area (Å²) >= 11 is 0. The fourth-order valence-corrected chi connectivity index (χ4v) is 3.97. The standard InChI is InChI=1S/C28H27F2N3O4/c1-17(2)15-31-27(35)24-25(37-28(36)33(24)16-18-3-9-21(29)10-4-18)19-7-13-23(14-8-19)32-26(34)20-5-11-22(30)12-6-20/h3-14,17,24-25H,15-16H2,1-2H3,(H,31,35)(H,32,34). The lowest BCUT2D eigenvalue weighted by atomic mass is 10.00. The van der Waals surface area contributed by atoms with Gasteiger partial charge in [0.15, 0.2) is 12.1 Å². The molecule has 1 fully saturated rings. The number of halogens is 2. The molecule has 2 unspecified atom stereocenters. The van der Waals surface area contributed by atoms with Crippen LogP contribution in [-0.2, 0) is 16.1 Å². The second-order valence-corrected chi connectivity index (χ2v) is 9.23. The van der Waals surface area contributed by atoms with Crippen molar-refractivity contribution in [1.29, 1.82) is 0 Å². The molecule has 9 heteroatoms. The molecule has 0 spiro atoms. The number of nitrogens with one attached hydrogen (secondary N) is 2. The van der Waals surface area contributed by atoms with E-state index < -0.39 is 35.8 Å². The molecule has 0 saturated carbocycles. The van der Waals surface area contributed by atoms with Gasteiger partial charge in [-0.3, -0.25) is 14.5 Å². The number of cyclic esters (lactones) is 1. The SMILES string of the molecule is CC(C)CNC(=O)C1C(c2ccc(NC(=O)c3ccc(F)cc3)cc2)OC(=O)N1Cc1ccc(F)cc1. The Hall–Kier alpha value is -4.27. The molecule has 4 rings (SSSR count). The smallest absolute Gasteiger partial charge is 0.411 e. The van der Waals surface area contributed by atoms with Gasteiger partial charge in [-0.25, -0.2) is 13.6 Å². The normalized spacial score (nSPS) is 17.0. The van der Waals surface area contributed by atoms with Gasteiger partial charge in [-0.1, -0.05) is 38.1 Å². The van der Waals surface area contributed by atoms with E-state index in [1.54, 1.807) is 36.4 Å². The van der Waals surface area contributed by atoms with Crippen LogP contribution in [0.4, 0.5) is 19.3 Å². The van der Waals surface area contributed by atoms with Gasteiger partial charge >= 0.3 is 6.09 Å². The fourth-order valence-electron chi connectivity index (χ4n) is 3.97. The number of amides is 3. The third kappa shape index (κ3) is 6.30. The second-order valence-electron chi connectivity index (χ2n) is 9.23. The van der Waals surface area contributed by atoms with Crippen LogP contribution in [0.5, 0.6) is 0 Å². The van der Waals surface area contributed by atoms with Gasteiger partial charge in [-0.2, -0.15) is 0 Å². The number of ether oxygens (including phenoxy) is 1. The zero-order valence-electron chi connectivity index (χ0n) is 20.4. The van der Waals surface area contributed by atoms with Crippen molar-refractivity contribution in [2.75, 3.05) is 11.9 Å². The minimum Gasteiger partial charge on any atom is -0.438 e. The summed E-state index contributed by atoms with van der Waals surface area (Å²) in [5.41, 5.74) is 2.00. The van der Waals surface area contributed by atoms with Crippen LogP contribution < -0.4 is 10.6 Å². The average molecular weight is 508 g/mol. The molecule has 0 aromatic heterocycles. The van der Waals surface area contributed by atoms with E-state index in [2.05, 4.69) is 10.6 Å². The van der Waals surface area contributed by atoms with Crippen molar-refractivity contribution in [1.82, 2.24) is 10.2 Å². The molecule has 37 heavy (non-hydrogen) atoms.